The third-order valence-electron chi connectivity index (χ3n) is 5.58. The monoisotopic (exact) mass is 483 g/mol. The van der Waals surface area contributed by atoms with Crippen molar-refractivity contribution in [3.8, 4) is 28.4 Å². The molecule has 0 unspecified atom stereocenters. The number of nitrogens with zero attached hydrogens (tertiary/aromatic N) is 3. The lowest BCUT2D eigenvalue weighted by Gasteiger charge is -2.18. The molecule has 5 rings (SSSR count). The minimum Gasteiger partial charge on any atom is -0.486 e. The third-order valence-corrected chi connectivity index (χ3v) is 5.77. The van der Waals surface area contributed by atoms with Crippen molar-refractivity contribution in [1.29, 1.82) is 0 Å². The first-order chi connectivity index (χ1) is 17.1. The van der Waals surface area contributed by atoms with Gasteiger partial charge in [-0.3, -0.25) is 5.43 Å². The van der Waals surface area contributed by atoms with E-state index < -0.39 is 0 Å². The minimum absolute atomic E-state index is 0.407. The smallest absolute Gasteiger partial charge is 0.191 e. The van der Waals surface area contributed by atoms with Crippen LogP contribution in [0, 0.1) is 13.8 Å². The third kappa shape index (κ3) is 5.17. The Hall–Kier alpha value is -4.17. The highest BCUT2D eigenvalue weighted by molar-refractivity contribution is 7.80. The topological polar surface area (TPSA) is 72.7 Å². The first-order valence-corrected chi connectivity index (χ1v) is 11.7. The van der Waals surface area contributed by atoms with Crippen molar-refractivity contribution < 1.29 is 9.47 Å². The van der Waals surface area contributed by atoms with Gasteiger partial charge < -0.3 is 14.8 Å². The summed E-state index contributed by atoms with van der Waals surface area (Å²) in [5.41, 5.74) is 9.61. The molecule has 1 aliphatic heterocycles. The lowest BCUT2D eigenvalue weighted by atomic mass is 10.1. The van der Waals surface area contributed by atoms with Gasteiger partial charge in [-0.1, -0.05) is 35.9 Å². The van der Waals surface area contributed by atoms with Gasteiger partial charge >= 0.3 is 0 Å². The second kappa shape index (κ2) is 9.99. The number of aromatic nitrogens is 2. The molecule has 1 aliphatic rings. The van der Waals surface area contributed by atoms with Gasteiger partial charge in [0.15, 0.2) is 16.6 Å². The summed E-state index contributed by atoms with van der Waals surface area (Å²) in [4.78, 5) is 0. The van der Waals surface area contributed by atoms with Crippen LogP contribution in [0.2, 0.25) is 0 Å². The van der Waals surface area contributed by atoms with E-state index in [1.165, 1.54) is 5.56 Å². The van der Waals surface area contributed by atoms with Crippen molar-refractivity contribution in [2.45, 2.75) is 13.8 Å². The number of hydrogen-bond donors (Lipinski definition) is 2. The molecule has 0 fully saturated rings. The molecule has 0 spiro atoms. The highest BCUT2D eigenvalue weighted by atomic mass is 32.1. The van der Waals surface area contributed by atoms with Gasteiger partial charge in [-0.2, -0.15) is 10.2 Å². The van der Waals surface area contributed by atoms with E-state index in [0.29, 0.717) is 24.1 Å². The van der Waals surface area contributed by atoms with Crippen molar-refractivity contribution in [2.75, 3.05) is 18.5 Å². The number of hydrazone groups is 1. The molecular formula is C27H25N5O2S. The second-order valence-electron chi connectivity index (χ2n) is 8.21. The zero-order valence-electron chi connectivity index (χ0n) is 19.5. The van der Waals surface area contributed by atoms with Crippen LogP contribution in [0.3, 0.4) is 0 Å². The lowest BCUT2D eigenvalue weighted by Crippen LogP contribution is -2.24. The fraction of sp³-hybridized carbons (Fsp3) is 0.148. The molecule has 0 saturated carbocycles. The van der Waals surface area contributed by atoms with Gasteiger partial charge in [-0.25, -0.2) is 4.68 Å². The second-order valence-corrected chi connectivity index (χ2v) is 8.62. The Morgan fingerprint density at radius 3 is 2.60 bits per heavy atom. The predicted octanol–water partition coefficient (Wildman–Crippen LogP) is 5.25. The van der Waals surface area contributed by atoms with Gasteiger partial charge in [0.05, 0.1) is 11.9 Å². The number of rotatable bonds is 5. The molecular weight excluding hydrogens is 458 g/mol. The maximum absolute atomic E-state index is 5.77. The molecule has 176 valence electrons. The Balaban J connectivity index is 1.40. The van der Waals surface area contributed by atoms with Crippen LogP contribution in [-0.4, -0.2) is 34.3 Å². The first-order valence-electron chi connectivity index (χ1n) is 11.3. The predicted molar refractivity (Wildman–Crippen MR) is 143 cm³/mol. The molecule has 0 atom stereocenters. The summed E-state index contributed by atoms with van der Waals surface area (Å²) in [6, 6.07) is 21.9. The average Bonchev–Trinajstić information content (AvgIpc) is 3.30. The molecule has 0 aliphatic carbocycles. The van der Waals surface area contributed by atoms with Crippen molar-refractivity contribution in [3.05, 3.63) is 89.6 Å². The van der Waals surface area contributed by atoms with E-state index in [1.54, 1.807) is 6.21 Å². The van der Waals surface area contributed by atoms with Gasteiger partial charge in [-0.15, -0.1) is 0 Å². The van der Waals surface area contributed by atoms with Crippen LogP contribution in [0.15, 0.2) is 78.0 Å². The average molecular weight is 484 g/mol. The van der Waals surface area contributed by atoms with Crippen LogP contribution in [-0.2, 0) is 0 Å². The SMILES string of the molecule is Cc1ccc(NC(=S)NN=Cc2cn(-c3ccccc3)nc2-c2ccc3c(c2)OCCO3)c(C)c1. The number of nitrogens with one attached hydrogen (secondary N) is 2. The number of hydrogen-bond acceptors (Lipinski definition) is 5. The Morgan fingerprint density at radius 2 is 1.80 bits per heavy atom. The quantitative estimate of drug-likeness (QED) is 0.230. The lowest BCUT2D eigenvalue weighted by molar-refractivity contribution is 0.171. The van der Waals surface area contributed by atoms with Gasteiger partial charge in [0.25, 0.3) is 0 Å². The molecule has 8 heteroatoms. The van der Waals surface area contributed by atoms with E-state index >= 15 is 0 Å². The van der Waals surface area contributed by atoms with Crippen LogP contribution in [0.25, 0.3) is 16.9 Å². The number of ether oxygens (including phenoxy) is 2. The summed E-state index contributed by atoms with van der Waals surface area (Å²) in [6.45, 7) is 5.18. The summed E-state index contributed by atoms with van der Waals surface area (Å²) >= 11 is 5.43. The maximum Gasteiger partial charge on any atom is 0.191 e. The molecule has 0 saturated heterocycles. The van der Waals surface area contributed by atoms with E-state index in [-0.39, 0.29) is 0 Å². The summed E-state index contributed by atoms with van der Waals surface area (Å²) in [6.07, 6.45) is 3.65. The number of anilines is 1. The fourth-order valence-corrected chi connectivity index (χ4v) is 4.04. The number of aryl methyl sites for hydroxylation is 2. The van der Waals surface area contributed by atoms with Gasteiger partial charge in [0, 0.05) is 23.0 Å². The van der Waals surface area contributed by atoms with Crippen molar-refractivity contribution >= 4 is 29.2 Å². The van der Waals surface area contributed by atoms with Crippen molar-refractivity contribution in [2.24, 2.45) is 5.10 Å². The summed E-state index contributed by atoms with van der Waals surface area (Å²) in [5, 5.41) is 12.8. The molecule has 0 bridgehead atoms. The molecule has 2 heterocycles. The molecule has 2 N–H and O–H groups in total. The van der Waals surface area contributed by atoms with E-state index in [1.807, 2.05) is 78.5 Å². The zero-order chi connectivity index (χ0) is 24.2. The van der Waals surface area contributed by atoms with Gasteiger partial charge in [-0.05, 0) is 68.0 Å². The van der Waals surface area contributed by atoms with Crippen molar-refractivity contribution in [3.63, 3.8) is 0 Å². The van der Waals surface area contributed by atoms with E-state index in [4.69, 9.17) is 26.8 Å². The van der Waals surface area contributed by atoms with Crippen LogP contribution in [0.4, 0.5) is 5.69 Å². The van der Waals surface area contributed by atoms with E-state index in [9.17, 15) is 0 Å². The molecule has 0 amide bonds. The molecule has 1 aromatic heterocycles. The summed E-state index contributed by atoms with van der Waals surface area (Å²) < 4.78 is 13.3. The molecule has 0 radical (unpaired) electrons. The van der Waals surface area contributed by atoms with Crippen LogP contribution < -0.4 is 20.2 Å². The number of benzene rings is 3. The Kier molecular flexibility index (Phi) is 6.45. The highest BCUT2D eigenvalue weighted by Crippen LogP contribution is 2.35. The Morgan fingerprint density at radius 1 is 1.00 bits per heavy atom. The Labute approximate surface area is 209 Å². The van der Waals surface area contributed by atoms with Crippen LogP contribution >= 0.6 is 12.2 Å². The number of para-hydroxylation sites is 1. The molecule has 7 nitrogen and oxygen atoms in total. The van der Waals surface area contributed by atoms with Crippen molar-refractivity contribution in [1.82, 2.24) is 15.2 Å². The van der Waals surface area contributed by atoms with E-state index in [0.717, 1.165) is 39.5 Å². The maximum atomic E-state index is 5.77. The van der Waals surface area contributed by atoms with Gasteiger partial charge in [0.1, 0.15) is 18.9 Å². The molecule has 3 aromatic carbocycles. The summed E-state index contributed by atoms with van der Waals surface area (Å²) in [5.74, 6) is 1.45. The molecule has 35 heavy (non-hydrogen) atoms. The van der Waals surface area contributed by atoms with Crippen LogP contribution in [0.5, 0.6) is 11.5 Å². The minimum atomic E-state index is 0.407. The standard InChI is InChI=1S/C27H25N5O2S/c1-18-8-10-23(19(2)14-18)29-27(35)30-28-16-21-17-32(22-6-4-3-5-7-22)31-26(21)20-9-11-24-25(15-20)34-13-12-33-24/h3-11,14-17H,12-13H2,1-2H3,(H2,29,30,35). The number of thiocarbonyl (C=S) groups is 1. The Bertz CT molecular complexity index is 1400. The van der Waals surface area contributed by atoms with Crippen LogP contribution in [0.1, 0.15) is 16.7 Å². The molecule has 4 aromatic rings. The number of fused-ring (bicyclic) bond motifs is 1. The summed E-state index contributed by atoms with van der Waals surface area (Å²) in [7, 11) is 0. The normalized spacial score (nSPS) is 12.5. The largest absolute Gasteiger partial charge is 0.486 e. The first kappa shape index (κ1) is 22.6. The van der Waals surface area contributed by atoms with Gasteiger partial charge in [0.2, 0.25) is 0 Å². The van der Waals surface area contributed by atoms with E-state index in [2.05, 4.69) is 28.8 Å². The highest BCUT2D eigenvalue weighted by Gasteiger charge is 2.16. The fourth-order valence-electron chi connectivity index (χ4n) is 3.87. The zero-order valence-corrected chi connectivity index (χ0v) is 20.3.